The van der Waals surface area contributed by atoms with Crippen molar-refractivity contribution in [3.63, 3.8) is 0 Å². The lowest BCUT2D eigenvalue weighted by Gasteiger charge is -2.25. The van der Waals surface area contributed by atoms with Crippen molar-refractivity contribution in [2.45, 2.75) is 18.9 Å². The zero-order chi connectivity index (χ0) is 12.3. The highest BCUT2D eigenvalue weighted by Crippen LogP contribution is 2.35. The fourth-order valence-corrected chi connectivity index (χ4v) is 2.60. The average Bonchev–Trinajstić information content (AvgIpc) is 2.79. The van der Waals surface area contributed by atoms with Gasteiger partial charge in [0.05, 0.1) is 6.04 Å². The molecule has 1 saturated heterocycles. The van der Waals surface area contributed by atoms with E-state index in [9.17, 15) is 4.79 Å². The zero-order valence-corrected chi connectivity index (χ0v) is 10.6. The van der Waals surface area contributed by atoms with Crippen molar-refractivity contribution in [2.75, 3.05) is 20.3 Å². The van der Waals surface area contributed by atoms with Crippen LogP contribution in [0.4, 0.5) is 0 Å². The lowest BCUT2D eigenvalue weighted by molar-refractivity contribution is -0.136. The molecule has 1 heterocycles. The Kier molecular flexibility index (Phi) is 4.02. The number of benzene rings is 1. The minimum atomic E-state index is 0.0370. The molecular weight excluding hydrogens is 238 g/mol. The molecule has 1 aromatic rings. The van der Waals surface area contributed by atoms with E-state index in [1.165, 1.54) is 0 Å². The van der Waals surface area contributed by atoms with Crippen LogP contribution in [0.15, 0.2) is 24.3 Å². The fourth-order valence-electron chi connectivity index (χ4n) is 2.34. The minimum Gasteiger partial charge on any atom is -0.375 e. The first-order chi connectivity index (χ1) is 8.24. The van der Waals surface area contributed by atoms with Gasteiger partial charge in [-0.15, -0.1) is 0 Å². The van der Waals surface area contributed by atoms with E-state index in [-0.39, 0.29) is 18.6 Å². The van der Waals surface area contributed by atoms with E-state index in [0.29, 0.717) is 0 Å². The summed E-state index contributed by atoms with van der Waals surface area (Å²) in [4.78, 5) is 13.8. The van der Waals surface area contributed by atoms with Crippen molar-refractivity contribution in [3.05, 3.63) is 34.9 Å². The molecule has 4 heteroatoms. The minimum absolute atomic E-state index is 0.0370. The van der Waals surface area contributed by atoms with Crippen molar-refractivity contribution in [3.8, 4) is 0 Å². The second-order valence-electron chi connectivity index (χ2n) is 4.20. The number of rotatable bonds is 3. The SMILES string of the molecule is COCC(=O)N1CCC[C@H]1c1ccccc1Cl. The first-order valence-corrected chi connectivity index (χ1v) is 6.14. The van der Waals surface area contributed by atoms with E-state index in [1.807, 2.05) is 29.2 Å². The van der Waals surface area contributed by atoms with Crippen LogP contribution in [0.25, 0.3) is 0 Å². The van der Waals surface area contributed by atoms with Gasteiger partial charge < -0.3 is 9.64 Å². The topological polar surface area (TPSA) is 29.5 Å². The summed E-state index contributed by atoms with van der Waals surface area (Å²) in [5.74, 6) is 0.0370. The van der Waals surface area contributed by atoms with E-state index in [1.54, 1.807) is 7.11 Å². The number of halogens is 1. The summed E-state index contributed by atoms with van der Waals surface area (Å²) in [6.45, 7) is 0.930. The molecule has 0 spiro atoms. The third-order valence-corrected chi connectivity index (χ3v) is 3.45. The molecule has 17 heavy (non-hydrogen) atoms. The van der Waals surface area contributed by atoms with Gasteiger partial charge in [0.25, 0.3) is 0 Å². The fraction of sp³-hybridized carbons (Fsp3) is 0.462. The first kappa shape index (κ1) is 12.4. The Labute approximate surface area is 106 Å². The van der Waals surface area contributed by atoms with Gasteiger partial charge in [-0.05, 0) is 24.5 Å². The van der Waals surface area contributed by atoms with E-state index < -0.39 is 0 Å². The Hall–Kier alpha value is -1.06. The van der Waals surface area contributed by atoms with Crippen LogP contribution in [0.2, 0.25) is 5.02 Å². The van der Waals surface area contributed by atoms with Gasteiger partial charge in [-0.25, -0.2) is 0 Å². The maximum atomic E-state index is 11.9. The number of ether oxygens (including phenoxy) is 1. The summed E-state index contributed by atoms with van der Waals surface area (Å²) >= 11 is 6.18. The summed E-state index contributed by atoms with van der Waals surface area (Å²) in [6, 6.07) is 7.83. The highest BCUT2D eigenvalue weighted by Gasteiger charge is 2.30. The Balaban J connectivity index is 2.20. The normalized spacial score (nSPS) is 19.6. The van der Waals surface area contributed by atoms with E-state index in [4.69, 9.17) is 16.3 Å². The van der Waals surface area contributed by atoms with Gasteiger partial charge >= 0.3 is 0 Å². The molecule has 0 saturated carbocycles. The van der Waals surface area contributed by atoms with E-state index in [0.717, 1.165) is 30.0 Å². The maximum Gasteiger partial charge on any atom is 0.249 e. The number of nitrogens with zero attached hydrogens (tertiary/aromatic N) is 1. The van der Waals surface area contributed by atoms with E-state index in [2.05, 4.69) is 0 Å². The molecule has 0 unspecified atom stereocenters. The van der Waals surface area contributed by atoms with Crippen LogP contribution in [-0.2, 0) is 9.53 Å². The highest BCUT2D eigenvalue weighted by molar-refractivity contribution is 6.31. The second-order valence-corrected chi connectivity index (χ2v) is 4.61. The molecule has 1 amide bonds. The molecule has 0 bridgehead atoms. The largest absolute Gasteiger partial charge is 0.375 e. The molecule has 0 N–H and O–H groups in total. The van der Waals surface area contributed by atoms with Gasteiger partial charge in [-0.2, -0.15) is 0 Å². The zero-order valence-electron chi connectivity index (χ0n) is 9.86. The Morgan fingerprint density at radius 1 is 1.53 bits per heavy atom. The van der Waals surface area contributed by atoms with Crippen LogP contribution >= 0.6 is 11.6 Å². The Bertz CT molecular complexity index is 408. The predicted molar refractivity (Wildman–Crippen MR) is 67.0 cm³/mol. The monoisotopic (exact) mass is 253 g/mol. The average molecular weight is 254 g/mol. The summed E-state index contributed by atoms with van der Waals surface area (Å²) < 4.78 is 4.91. The number of amides is 1. The van der Waals surface area contributed by atoms with Gasteiger partial charge in [-0.1, -0.05) is 29.8 Å². The maximum absolute atomic E-state index is 11.9. The molecule has 1 atom stereocenters. The molecule has 0 aliphatic carbocycles. The summed E-state index contributed by atoms with van der Waals surface area (Å²) in [6.07, 6.45) is 1.99. The molecule has 92 valence electrons. The smallest absolute Gasteiger partial charge is 0.249 e. The van der Waals surface area contributed by atoms with Crippen molar-refractivity contribution in [1.29, 1.82) is 0 Å². The van der Waals surface area contributed by atoms with Crippen LogP contribution < -0.4 is 0 Å². The quantitative estimate of drug-likeness (QED) is 0.829. The van der Waals surface area contributed by atoms with Crippen LogP contribution in [-0.4, -0.2) is 31.1 Å². The first-order valence-electron chi connectivity index (χ1n) is 5.77. The van der Waals surface area contributed by atoms with E-state index >= 15 is 0 Å². The number of hydrogen-bond donors (Lipinski definition) is 0. The molecule has 2 rings (SSSR count). The van der Waals surface area contributed by atoms with Crippen molar-refractivity contribution >= 4 is 17.5 Å². The Morgan fingerprint density at radius 3 is 3.00 bits per heavy atom. The third kappa shape index (κ3) is 2.61. The molecule has 1 fully saturated rings. The molecular formula is C13H16ClNO2. The number of carbonyl (C=O) groups is 1. The lowest BCUT2D eigenvalue weighted by atomic mass is 10.0. The van der Waals surface area contributed by atoms with Gasteiger partial charge in [0.15, 0.2) is 0 Å². The van der Waals surface area contributed by atoms with Gasteiger partial charge in [-0.3, -0.25) is 4.79 Å². The molecule has 3 nitrogen and oxygen atoms in total. The van der Waals surface area contributed by atoms with Crippen LogP contribution in [0.5, 0.6) is 0 Å². The molecule has 1 aliphatic heterocycles. The van der Waals surface area contributed by atoms with Gasteiger partial charge in [0, 0.05) is 18.7 Å². The summed E-state index contributed by atoms with van der Waals surface area (Å²) in [5, 5.41) is 0.731. The lowest BCUT2D eigenvalue weighted by Crippen LogP contribution is -2.33. The number of carbonyl (C=O) groups excluding carboxylic acids is 1. The highest BCUT2D eigenvalue weighted by atomic mass is 35.5. The molecule has 0 aromatic heterocycles. The number of likely N-dealkylation sites (tertiary alicyclic amines) is 1. The predicted octanol–water partition coefficient (Wildman–Crippen LogP) is 2.65. The molecule has 1 aliphatic rings. The molecule has 1 aromatic carbocycles. The van der Waals surface area contributed by atoms with Crippen molar-refractivity contribution in [2.24, 2.45) is 0 Å². The van der Waals surface area contributed by atoms with Crippen molar-refractivity contribution in [1.82, 2.24) is 4.90 Å². The van der Waals surface area contributed by atoms with Crippen LogP contribution in [0.3, 0.4) is 0 Å². The Morgan fingerprint density at radius 2 is 2.29 bits per heavy atom. The van der Waals surface area contributed by atoms with Crippen LogP contribution in [0.1, 0.15) is 24.4 Å². The van der Waals surface area contributed by atoms with Gasteiger partial charge in [0.1, 0.15) is 6.61 Å². The summed E-state index contributed by atoms with van der Waals surface area (Å²) in [7, 11) is 1.54. The summed E-state index contributed by atoms with van der Waals surface area (Å²) in [5.41, 5.74) is 1.04. The van der Waals surface area contributed by atoms with Crippen LogP contribution in [0, 0.1) is 0 Å². The number of methoxy groups -OCH3 is 1. The standard InChI is InChI=1S/C13H16ClNO2/c1-17-9-13(16)15-8-4-7-12(15)10-5-2-3-6-11(10)14/h2-3,5-6,12H,4,7-9H2,1H3/t12-/m0/s1. The number of hydrogen-bond acceptors (Lipinski definition) is 2. The van der Waals surface area contributed by atoms with Gasteiger partial charge in [0.2, 0.25) is 5.91 Å². The van der Waals surface area contributed by atoms with Crippen molar-refractivity contribution < 1.29 is 9.53 Å². The third-order valence-electron chi connectivity index (χ3n) is 3.11. The molecule has 0 radical (unpaired) electrons. The second kappa shape index (κ2) is 5.52.